The zero-order valence-electron chi connectivity index (χ0n) is 15.8. The van der Waals surface area contributed by atoms with Gasteiger partial charge in [0.15, 0.2) is 4.80 Å². The first-order valence-corrected chi connectivity index (χ1v) is 9.77. The number of nitrogens with zero attached hydrogens (tertiary/aromatic N) is 4. The van der Waals surface area contributed by atoms with Crippen LogP contribution in [0.2, 0.25) is 0 Å². The number of carbonyl (C=O) groups excluding carboxylic acids is 2. The number of thiazole rings is 1. The summed E-state index contributed by atoms with van der Waals surface area (Å²) in [7, 11) is 0. The summed E-state index contributed by atoms with van der Waals surface area (Å²) in [5, 5.41) is 0. The van der Waals surface area contributed by atoms with E-state index in [1.165, 1.54) is 12.1 Å². The first-order valence-electron chi connectivity index (χ1n) is 8.95. The maximum atomic E-state index is 13.7. The first-order chi connectivity index (χ1) is 14.0. The molecule has 0 fully saturated rings. The van der Waals surface area contributed by atoms with Crippen molar-refractivity contribution < 1.29 is 18.7 Å². The molecule has 29 heavy (non-hydrogen) atoms. The van der Waals surface area contributed by atoms with Gasteiger partial charge >= 0.3 is 5.97 Å². The number of fused-ring (bicyclic) bond motifs is 2. The van der Waals surface area contributed by atoms with E-state index >= 15 is 0 Å². The number of imidazole rings is 1. The molecule has 0 aliphatic rings. The highest BCUT2D eigenvalue weighted by atomic mass is 32.1. The number of hydrogen-bond acceptors (Lipinski definition) is 5. The van der Waals surface area contributed by atoms with Gasteiger partial charge in [-0.2, -0.15) is 4.99 Å². The van der Waals surface area contributed by atoms with Crippen LogP contribution in [0.4, 0.5) is 4.39 Å². The number of halogens is 1. The van der Waals surface area contributed by atoms with E-state index in [0.717, 1.165) is 11.3 Å². The van der Waals surface area contributed by atoms with Crippen LogP contribution in [-0.4, -0.2) is 32.4 Å². The monoisotopic (exact) mass is 412 g/mol. The van der Waals surface area contributed by atoms with Crippen LogP contribution < -0.4 is 4.80 Å². The van der Waals surface area contributed by atoms with E-state index < -0.39 is 17.7 Å². The van der Waals surface area contributed by atoms with Crippen molar-refractivity contribution in [3.8, 4) is 0 Å². The third kappa shape index (κ3) is 3.56. The quantitative estimate of drug-likeness (QED) is 0.483. The average molecular weight is 412 g/mol. The van der Waals surface area contributed by atoms with Crippen molar-refractivity contribution >= 4 is 39.1 Å². The molecule has 0 saturated carbocycles. The van der Waals surface area contributed by atoms with Gasteiger partial charge in [0.25, 0.3) is 5.91 Å². The minimum Gasteiger partial charge on any atom is -0.465 e. The highest BCUT2D eigenvalue weighted by Crippen LogP contribution is 2.19. The van der Waals surface area contributed by atoms with Gasteiger partial charge in [-0.25, -0.2) is 9.37 Å². The van der Waals surface area contributed by atoms with Crippen molar-refractivity contribution in [2.24, 2.45) is 4.99 Å². The summed E-state index contributed by atoms with van der Waals surface area (Å²) >= 11 is 1.13. The predicted molar refractivity (Wildman–Crippen MR) is 106 cm³/mol. The molecule has 0 N–H and O–H groups in total. The largest absolute Gasteiger partial charge is 0.465 e. The van der Waals surface area contributed by atoms with Crippen molar-refractivity contribution in [2.45, 2.75) is 20.4 Å². The normalized spacial score (nSPS) is 12.0. The van der Waals surface area contributed by atoms with Crippen molar-refractivity contribution in [1.29, 1.82) is 0 Å². The summed E-state index contributed by atoms with van der Waals surface area (Å²) < 4.78 is 22.5. The summed E-state index contributed by atoms with van der Waals surface area (Å²) in [6.45, 7) is 3.56. The molecule has 0 atom stereocenters. The lowest BCUT2D eigenvalue weighted by molar-refractivity contribution is -0.143. The lowest BCUT2D eigenvalue weighted by atomic mass is 10.3. The third-order valence-electron chi connectivity index (χ3n) is 4.34. The molecule has 0 bridgehead atoms. The van der Waals surface area contributed by atoms with Crippen molar-refractivity contribution in [3.05, 3.63) is 64.6 Å². The van der Waals surface area contributed by atoms with Gasteiger partial charge < -0.3 is 9.30 Å². The zero-order valence-corrected chi connectivity index (χ0v) is 16.6. The second-order valence-electron chi connectivity index (χ2n) is 6.28. The molecule has 1 amide bonds. The minimum atomic E-state index is -0.495. The molecule has 9 heteroatoms. The molecule has 0 saturated heterocycles. The fourth-order valence-electron chi connectivity index (χ4n) is 3.13. The van der Waals surface area contributed by atoms with Gasteiger partial charge in [-0.05, 0) is 44.2 Å². The summed E-state index contributed by atoms with van der Waals surface area (Å²) in [4.78, 5) is 34.0. The molecule has 0 radical (unpaired) electrons. The van der Waals surface area contributed by atoms with E-state index in [9.17, 15) is 14.0 Å². The van der Waals surface area contributed by atoms with E-state index in [1.807, 2.05) is 6.07 Å². The Morgan fingerprint density at radius 2 is 2.10 bits per heavy atom. The Morgan fingerprint density at radius 1 is 1.28 bits per heavy atom. The Hall–Kier alpha value is -3.33. The van der Waals surface area contributed by atoms with Crippen LogP contribution in [0.15, 0.2) is 47.6 Å². The van der Waals surface area contributed by atoms with Gasteiger partial charge in [0.1, 0.15) is 23.7 Å². The summed E-state index contributed by atoms with van der Waals surface area (Å²) in [6.07, 6.45) is 1.74. The standard InChI is InChI=1S/C20H17FN4O3S/c1-3-28-17(26)11-25-14-8-7-13(21)10-15(14)29-20(25)23-19(27)18-12(2)22-16-6-4-5-9-24(16)18/h4-10H,3,11H2,1-2H3. The van der Waals surface area contributed by atoms with Crippen LogP contribution >= 0.6 is 11.3 Å². The molecule has 0 unspecified atom stereocenters. The van der Waals surface area contributed by atoms with E-state index in [-0.39, 0.29) is 18.0 Å². The van der Waals surface area contributed by atoms with Gasteiger partial charge in [-0.1, -0.05) is 17.4 Å². The Labute approximate surface area is 168 Å². The van der Waals surface area contributed by atoms with E-state index in [2.05, 4.69) is 9.98 Å². The molecular formula is C20H17FN4O3S. The highest BCUT2D eigenvalue weighted by Gasteiger charge is 2.18. The number of hydrogen-bond donors (Lipinski definition) is 0. The minimum absolute atomic E-state index is 0.127. The number of carbonyl (C=O) groups is 2. The predicted octanol–water partition coefficient (Wildman–Crippen LogP) is 3.10. The van der Waals surface area contributed by atoms with Gasteiger partial charge in [-0.3, -0.25) is 14.0 Å². The molecule has 7 nitrogen and oxygen atoms in total. The summed E-state index contributed by atoms with van der Waals surface area (Å²) in [6, 6.07) is 9.65. The lowest BCUT2D eigenvalue weighted by Gasteiger charge is -2.05. The molecule has 0 aliphatic heterocycles. The van der Waals surface area contributed by atoms with Crippen molar-refractivity contribution in [1.82, 2.24) is 14.0 Å². The second kappa shape index (κ2) is 7.59. The number of benzene rings is 1. The Bertz CT molecular complexity index is 1320. The van der Waals surface area contributed by atoms with Crippen LogP contribution in [0, 0.1) is 12.7 Å². The molecule has 0 spiro atoms. The van der Waals surface area contributed by atoms with E-state index in [0.29, 0.717) is 27.3 Å². The van der Waals surface area contributed by atoms with Gasteiger partial charge in [0.2, 0.25) is 0 Å². The van der Waals surface area contributed by atoms with Gasteiger partial charge in [-0.15, -0.1) is 0 Å². The van der Waals surface area contributed by atoms with Crippen LogP contribution in [0.25, 0.3) is 15.9 Å². The maximum Gasteiger partial charge on any atom is 0.326 e. The SMILES string of the molecule is CCOC(=O)Cn1c(=NC(=O)c2c(C)nc3ccccn23)sc2cc(F)ccc21. The lowest BCUT2D eigenvalue weighted by Crippen LogP contribution is -2.23. The smallest absolute Gasteiger partial charge is 0.326 e. The van der Waals surface area contributed by atoms with E-state index in [1.54, 1.807) is 47.2 Å². The summed E-state index contributed by atoms with van der Waals surface area (Å²) in [5.41, 5.74) is 2.13. The number of amides is 1. The third-order valence-corrected chi connectivity index (χ3v) is 5.38. The first kappa shape index (κ1) is 19.0. The Balaban J connectivity index is 1.87. The molecule has 4 aromatic rings. The number of pyridine rings is 1. The Kier molecular flexibility index (Phi) is 4.98. The molecular weight excluding hydrogens is 395 g/mol. The number of aryl methyl sites for hydroxylation is 1. The number of rotatable bonds is 4. The number of aromatic nitrogens is 3. The fraction of sp³-hybridized carbons (Fsp3) is 0.200. The molecule has 0 aliphatic carbocycles. The Morgan fingerprint density at radius 3 is 2.90 bits per heavy atom. The van der Waals surface area contributed by atoms with Gasteiger partial charge in [0.05, 0.1) is 22.5 Å². The fourth-order valence-corrected chi connectivity index (χ4v) is 4.18. The zero-order chi connectivity index (χ0) is 20.5. The molecule has 3 heterocycles. The van der Waals surface area contributed by atoms with E-state index in [4.69, 9.17) is 4.74 Å². The number of ether oxygens (including phenoxy) is 1. The average Bonchev–Trinajstić information content (AvgIpc) is 3.18. The van der Waals surface area contributed by atoms with Crippen molar-refractivity contribution in [2.75, 3.05) is 6.61 Å². The van der Waals surface area contributed by atoms with Crippen LogP contribution in [0.3, 0.4) is 0 Å². The molecule has 148 valence electrons. The molecule has 1 aromatic carbocycles. The van der Waals surface area contributed by atoms with Crippen LogP contribution in [-0.2, 0) is 16.1 Å². The number of esters is 1. The molecule has 3 aromatic heterocycles. The van der Waals surface area contributed by atoms with Gasteiger partial charge in [0, 0.05) is 6.20 Å². The van der Waals surface area contributed by atoms with Crippen LogP contribution in [0.1, 0.15) is 23.1 Å². The topological polar surface area (TPSA) is 78.0 Å². The maximum absolute atomic E-state index is 13.7. The van der Waals surface area contributed by atoms with Crippen LogP contribution in [0.5, 0.6) is 0 Å². The molecule has 4 rings (SSSR count). The highest BCUT2D eigenvalue weighted by molar-refractivity contribution is 7.16. The van der Waals surface area contributed by atoms with Crippen molar-refractivity contribution in [3.63, 3.8) is 0 Å². The summed E-state index contributed by atoms with van der Waals surface area (Å²) in [5.74, 6) is -1.36. The second-order valence-corrected chi connectivity index (χ2v) is 7.29.